The van der Waals surface area contributed by atoms with Crippen LogP contribution in [0.2, 0.25) is 5.02 Å². The molecular weight excluding hydrogens is 256 g/mol. The Bertz CT molecular complexity index is 385. The van der Waals surface area contributed by atoms with Crippen LogP contribution in [0.15, 0.2) is 18.2 Å². The third-order valence-corrected chi connectivity index (χ3v) is 3.42. The minimum absolute atomic E-state index is 0.0118. The van der Waals surface area contributed by atoms with Crippen LogP contribution in [-0.2, 0) is 0 Å². The Morgan fingerprint density at radius 3 is 2.88 bits per heavy atom. The summed E-state index contributed by atoms with van der Waals surface area (Å²) < 4.78 is 5.56. The van der Waals surface area contributed by atoms with E-state index >= 15 is 0 Å². The summed E-state index contributed by atoms with van der Waals surface area (Å²) in [7, 11) is 0. The van der Waals surface area contributed by atoms with E-state index in [2.05, 4.69) is 6.92 Å². The Kier molecular flexibility index (Phi) is 6.22. The minimum Gasteiger partial charge on any atom is -0.492 e. The lowest BCUT2D eigenvalue weighted by Crippen LogP contribution is -2.11. The SMILES string of the molecule is CCSCCCOc1ccc(C(=N)N)cc1Cl. The monoisotopic (exact) mass is 272 g/mol. The molecule has 1 aromatic carbocycles. The van der Waals surface area contributed by atoms with Crippen LogP contribution in [0.4, 0.5) is 0 Å². The number of hydrogen-bond acceptors (Lipinski definition) is 3. The van der Waals surface area contributed by atoms with E-state index in [-0.39, 0.29) is 5.84 Å². The zero-order chi connectivity index (χ0) is 12.7. The van der Waals surface area contributed by atoms with Crippen molar-refractivity contribution in [1.82, 2.24) is 0 Å². The molecule has 17 heavy (non-hydrogen) atoms. The third kappa shape index (κ3) is 4.88. The topological polar surface area (TPSA) is 59.1 Å². The maximum absolute atomic E-state index is 7.29. The lowest BCUT2D eigenvalue weighted by molar-refractivity contribution is 0.319. The summed E-state index contributed by atoms with van der Waals surface area (Å²) in [4.78, 5) is 0. The van der Waals surface area contributed by atoms with Gasteiger partial charge in [0.05, 0.1) is 11.6 Å². The van der Waals surface area contributed by atoms with Crippen molar-refractivity contribution in [1.29, 1.82) is 5.41 Å². The first-order valence-corrected chi connectivity index (χ1v) is 7.03. The van der Waals surface area contributed by atoms with E-state index in [1.165, 1.54) is 0 Å². The smallest absolute Gasteiger partial charge is 0.137 e. The molecule has 0 saturated carbocycles. The Morgan fingerprint density at radius 2 is 2.29 bits per heavy atom. The van der Waals surface area contributed by atoms with Gasteiger partial charge in [-0.3, -0.25) is 5.41 Å². The van der Waals surface area contributed by atoms with Gasteiger partial charge in [-0.1, -0.05) is 18.5 Å². The van der Waals surface area contributed by atoms with Crippen molar-refractivity contribution in [2.24, 2.45) is 5.73 Å². The van der Waals surface area contributed by atoms with E-state index in [1.54, 1.807) is 18.2 Å². The second-order valence-electron chi connectivity index (χ2n) is 3.46. The number of halogens is 1. The summed E-state index contributed by atoms with van der Waals surface area (Å²) in [5, 5.41) is 7.79. The second kappa shape index (κ2) is 7.45. The summed E-state index contributed by atoms with van der Waals surface area (Å²) in [6.45, 7) is 2.80. The molecule has 0 aromatic heterocycles. The Morgan fingerprint density at radius 1 is 1.53 bits per heavy atom. The van der Waals surface area contributed by atoms with E-state index < -0.39 is 0 Å². The molecule has 0 radical (unpaired) electrons. The normalized spacial score (nSPS) is 10.2. The number of hydrogen-bond donors (Lipinski definition) is 2. The van der Waals surface area contributed by atoms with Gasteiger partial charge in [0.1, 0.15) is 11.6 Å². The first-order valence-electron chi connectivity index (χ1n) is 5.49. The summed E-state index contributed by atoms with van der Waals surface area (Å²) in [5.41, 5.74) is 5.98. The number of nitrogens with two attached hydrogens (primary N) is 1. The molecule has 0 spiro atoms. The highest BCUT2D eigenvalue weighted by molar-refractivity contribution is 7.99. The molecular formula is C12H17ClN2OS. The van der Waals surface area contributed by atoms with Gasteiger partial charge < -0.3 is 10.5 Å². The number of ether oxygens (including phenoxy) is 1. The third-order valence-electron chi connectivity index (χ3n) is 2.14. The van der Waals surface area contributed by atoms with Gasteiger partial charge in [-0.2, -0.15) is 11.8 Å². The van der Waals surface area contributed by atoms with Crippen molar-refractivity contribution < 1.29 is 4.74 Å². The van der Waals surface area contributed by atoms with E-state index in [0.717, 1.165) is 17.9 Å². The molecule has 5 heteroatoms. The van der Waals surface area contributed by atoms with Crippen molar-refractivity contribution in [3.8, 4) is 5.75 Å². The lowest BCUT2D eigenvalue weighted by Gasteiger charge is -2.08. The lowest BCUT2D eigenvalue weighted by atomic mass is 10.2. The maximum Gasteiger partial charge on any atom is 0.137 e. The predicted octanol–water partition coefficient (Wildman–Crippen LogP) is 3.15. The highest BCUT2D eigenvalue weighted by Crippen LogP contribution is 2.25. The standard InChI is InChI=1S/C12H17ClN2OS/c1-2-17-7-3-6-16-11-5-4-9(12(14)15)8-10(11)13/h4-5,8H,2-3,6-7H2,1H3,(H3,14,15). The van der Waals surface area contributed by atoms with Gasteiger partial charge in [0.2, 0.25) is 0 Å². The fourth-order valence-electron chi connectivity index (χ4n) is 1.27. The largest absolute Gasteiger partial charge is 0.492 e. The summed E-state index contributed by atoms with van der Waals surface area (Å²) in [6.07, 6.45) is 1.00. The first-order chi connectivity index (χ1) is 8.15. The van der Waals surface area contributed by atoms with Crippen LogP contribution in [-0.4, -0.2) is 23.9 Å². The molecule has 0 saturated heterocycles. The van der Waals surface area contributed by atoms with Crippen LogP contribution in [0.5, 0.6) is 5.75 Å². The number of amidine groups is 1. The van der Waals surface area contributed by atoms with Gasteiger partial charge in [-0.05, 0) is 36.1 Å². The second-order valence-corrected chi connectivity index (χ2v) is 5.26. The van der Waals surface area contributed by atoms with E-state index in [0.29, 0.717) is 22.9 Å². The van der Waals surface area contributed by atoms with E-state index in [9.17, 15) is 0 Å². The van der Waals surface area contributed by atoms with Crippen LogP contribution in [0.3, 0.4) is 0 Å². The molecule has 1 aromatic rings. The van der Waals surface area contributed by atoms with Gasteiger partial charge in [-0.25, -0.2) is 0 Å². The highest BCUT2D eigenvalue weighted by Gasteiger charge is 2.04. The van der Waals surface area contributed by atoms with Crippen LogP contribution < -0.4 is 10.5 Å². The molecule has 0 aliphatic rings. The Hall–Kier alpha value is -0.870. The van der Waals surface area contributed by atoms with Gasteiger partial charge >= 0.3 is 0 Å². The molecule has 0 aliphatic heterocycles. The van der Waals surface area contributed by atoms with Crippen LogP contribution in [0, 0.1) is 5.41 Å². The Labute approximate surface area is 111 Å². The molecule has 0 atom stereocenters. The van der Waals surface area contributed by atoms with Crippen LogP contribution in [0.1, 0.15) is 18.9 Å². The molecule has 1 rings (SSSR count). The summed E-state index contributed by atoms with van der Waals surface area (Å²) >= 11 is 7.93. The number of thioether (sulfide) groups is 1. The molecule has 3 N–H and O–H groups in total. The van der Waals surface area contributed by atoms with Crippen molar-refractivity contribution in [2.75, 3.05) is 18.1 Å². The molecule has 3 nitrogen and oxygen atoms in total. The van der Waals surface area contributed by atoms with Crippen molar-refractivity contribution in [3.63, 3.8) is 0 Å². The van der Waals surface area contributed by atoms with Crippen LogP contribution in [0.25, 0.3) is 0 Å². The molecule has 0 heterocycles. The fourth-order valence-corrected chi connectivity index (χ4v) is 2.12. The zero-order valence-electron chi connectivity index (χ0n) is 9.83. The minimum atomic E-state index is 0.0118. The fraction of sp³-hybridized carbons (Fsp3) is 0.417. The average Bonchev–Trinajstić information content (AvgIpc) is 2.30. The summed E-state index contributed by atoms with van der Waals surface area (Å²) in [5.74, 6) is 2.89. The Balaban J connectivity index is 2.46. The molecule has 0 amide bonds. The maximum atomic E-state index is 7.29. The van der Waals surface area contributed by atoms with Gasteiger partial charge in [0.15, 0.2) is 0 Å². The van der Waals surface area contributed by atoms with Crippen molar-refractivity contribution in [3.05, 3.63) is 28.8 Å². The number of nitrogens with one attached hydrogen (secondary N) is 1. The average molecular weight is 273 g/mol. The van der Waals surface area contributed by atoms with Crippen molar-refractivity contribution in [2.45, 2.75) is 13.3 Å². The quantitative estimate of drug-likeness (QED) is 0.455. The molecule has 0 aliphatic carbocycles. The van der Waals surface area contributed by atoms with Crippen LogP contribution >= 0.6 is 23.4 Å². The van der Waals surface area contributed by atoms with Crippen molar-refractivity contribution >= 4 is 29.2 Å². The van der Waals surface area contributed by atoms with Gasteiger partial charge in [0, 0.05) is 5.56 Å². The summed E-state index contributed by atoms with van der Waals surface area (Å²) in [6, 6.07) is 5.15. The predicted molar refractivity (Wildman–Crippen MR) is 75.6 cm³/mol. The molecule has 0 bridgehead atoms. The molecule has 94 valence electrons. The zero-order valence-corrected chi connectivity index (χ0v) is 11.4. The van der Waals surface area contributed by atoms with E-state index in [1.807, 2.05) is 11.8 Å². The van der Waals surface area contributed by atoms with Gasteiger partial charge in [-0.15, -0.1) is 0 Å². The number of rotatable bonds is 7. The highest BCUT2D eigenvalue weighted by atomic mass is 35.5. The number of nitrogen functional groups attached to an aromatic ring is 1. The first kappa shape index (κ1) is 14.2. The number of benzene rings is 1. The molecule has 0 unspecified atom stereocenters. The van der Waals surface area contributed by atoms with E-state index in [4.69, 9.17) is 27.5 Å². The molecule has 0 fully saturated rings. The van der Waals surface area contributed by atoms with Gasteiger partial charge in [0.25, 0.3) is 0 Å².